The average molecular weight is 296 g/mol. The highest BCUT2D eigenvalue weighted by molar-refractivity contribution is 4.99. The molecule has 0 aromatic heterocycles. The van der Waals surface area contributed by atoms with Gasteiger partial charge in [0.2, 0.25) is 0 Å². The van der Waals surface area contributed by atoms with Gasteiger partial charge < -0.3 is 15.3 Å². The minimum absolute atomic E-state index is 0.0162. The van der Waals surface area contributed by atoms with E-state index in [1.807, 2.05) is 0 Å². The highest BCUT2D eigenvalue weighted by Gasteiger charge is 2.41. The van der Waals surface area contributed by atoms with E-state index in [-0.39, 0.29) is 5.54 Å². The maximum atomic E-state index is 9.96. The Morgan fingerprint density at radius 1 is 1.29 bits per heavy atom. The van der Waals surface area contributed by atoms with Crippen molar-refractivity contribution in [3.8, 4) is 0 Å². The summed E-state index contributed by atoms with van der Waals surface area (Å²) in [5.41, 5.74) is 0.0162. The molecule has 4 atom stereocenters. The van der Waals surface area contributed by atoms with Crippen LogP contribution in [-0.4, -0.2) is 47.8 Å². The first-order chi connectivity index (χ1) is 10.1. The lowest BCUT2D eigenvalue weighted by Gasteiger charge is -2.40. The summed E-state index contributed by atoms with van der Waals surface area (Å²) in [5.74, 6) is 1.55. The summed E-state index contributed by atoms with van der Waals surface area (Å²) in [7, 11) is 0. The van der Waals surface area contributed by atoms with Crippen molar-refractivity contribution in [3.63, 3.8) is 0 Å². The third kappa shape index (κ3) is 4.20. The van der Waals surface area contributed by atoms with Crippen LogP contribution in [0.5, 0.6) is 0 Å². The molecule has 1 aliphatic carbocycles. The van der Waals surface area contributed by atoms with E-state index in [0.717, 1.165) is 31.3 Å². The molecule has 124 valence electrons. The number of aliphatic hydroxyl groups is 1. The third-order valence-electron chi connectivity index (χ3n) is 6.01. The van der Waals surface area contributed by atoms with Crippen molar-refractivity contribution in [2.24, 2.45) is 11.8 Å². The van der Waals surface area contributed by atoms with Crippen molar-refractivity contribution in [2.75, 3.05) is 26.2 Å². The lowest BCUT2D eigenvalue weighted by molar-refractivity contribution is 0.0887. The molecule has 0 amide bonds. The smallest absolute Gasteiger partial charge is 0.0616 e. The standard InChI is InChI=1S/C18H36N2O/c1-4-10-19-18(14-21)9-5-6-17(18)8-12-20-11-7-15(2)13-16(20)3/h15-17,19,21H,4-14H2,1-3H3. The zero-order valence-electron chi connectivity index (χ0n) is 14.4. The fourth-order valence-electron chi connectivity index (χ4n) is 4.55. The largest absolute Gasteiger partial charge is 0.394 e. The van der Waals surface area contributed by atoms with Crippen molar-refractivity contribution in [3.05, 3.63) is 0 Å². The second-order valence-electron chi connectivity index (χ2n) is 7.63. The molecule has 2 N–H and O–H groups in total. The second-order valence-corrected chi connectivity index (χ2v) is 7.63. The SMILES string of the molecule is CCCNC1(CO)CCCC1CCN1CCC(C)CC1C. The van der Waals surface area contributed by atoms with Crippen LogP contribution in [0.25, 0.3) is 0 Å². The van der Waals surface area contributed by atoms with E-state index in [4.69, 9.17) is 0 Å². The van der Waals surface area contributed by atoms with Gasteiger partial charge in [-0.3, -0.25) is 0 Å². The highest BCUT2D eigenvalue weighted by Crippen LogP contribution is 2.38. The molecule has 1 saturated carbocycles. The Morgan fingerprint density at radius 2 is 2.10 bits per heavy atom. The molecular formula is C18H36N2O. The molecule has 2 rings (SSSR count). The molecule has 21 heavy (non-hydrogen) atoms. The van der Waals surface area contributed by atoms with Crippen LogP contribution in [0, 0.1) is 11.8 Å². The molecule has 0 bridgehead atoms. The van der Waals surface area contributed by atoms with Gasteiger partial charge in [0.1, 0.15) is 0 Å². The molecular weight excluding hydrogens is 260 g/mol. The monoisotopic (exact) mass is 296 g/mol. The van der Waals surface area contributed by atoms with Crippen molar-refractivity contribution in [2.45, 2.75) is 77.3 Å². The third-order valence-corrected chi connectivity index (χ3v) is 6.01. The van der Waals surface area contributed by atoms with Crippen LogP contribution < -0.4 is 5.32 Å². The molecule has 1 saturated heterocycles. The lowest BCUT2D eigenvalue weighted by atomic mass is 9.84. The quantitative estimate of drug-likeness (QED) is 0.758. The molecule has 0 aromatic rings. The summed E-state index contributed by atoms with van der Waals surface area (Å²) in [6.45, 7) is 10.8. The number of rotatable bonds is 7. The number of piperidine rings is 1. The van der Waals surface area contributed by atoms with E-state index in [9.17, 15) is 5.11 Å². The number of nitrogens with one attached hydrogen (secondary N) is 1. The Labute approximate surface area is 131 Å². The second kappa shape index (κ2) is 7.94. The first-order valence-corrected chi connectivity index (χ1v) is 9.21. The summed E-state index contributed by atoms with van der Waals surface area (Å²) in [5, 5.41) is 13.6. The van der Waals surface area contributed by atoms with Gasteiger partial charge in [-0.1, -0.05) is 20.3 Å². The van der Waals surface area contributed by atoms with Crippen LogP contribution in [0.2, 0.25) is 0 Å². The maximum Gasteiger partial charge on any atom is 0.0616 e. The summed E-state index contributed by atoms with van der Waals surface area (Å²) in [4.78, 5) is 2.68. The van der Waals surface area contributed by atoms with Crippen LogP contribution in [-0.2, 0) is 0 Å². The van der Waals surface area contributed by atoms with Gasteiger partial charge in [0.05, 0.1) is 6.61 Å². The molecule has 0 spiro atoms. The Bertz CT molecular complexity index is 310. The Morgan fingerprint density at radius 3 is 2.76 bits per heavy atom. The molecule has 0 radical (unpaired) electrons. The maximum absolute atomic E-state index is 9.96. The Balaban J connectivity index is 1.86. The van der Waals surface area contributed by atoms with E-state index >= 15 is 0 Å². The molecule has 1 aliphatic heterocycles. The fraction of sp³-hybridized carbons (Fsp3) is 1.00. The van der Waals surface area contributed by atoms with Gasteiger partial charge in [0.15, 0.2) is 0 Å². The molecule has 2 fully saturated rings. The molecule has 0 aromatic carbocycles. The van der Waals surface area contributed by atoms with E-state index in [1.165, 1.54) is 45.2 Å². The van der Waals surface area contributed by atoms with E-state index in [0.29, 0.717) is 12.5 Å². The number of hydrogen-bond acceptors (Lipinski definition) is 3. The first-order valence-electron chi connectivity index (χ1n) is 9.21. The van der Waals surface area contributed by atoms with Crippen molar-refractivity contribution in [1.29, 1.82) is 0 Å². The van der Waals surface area contributed by atoms with Crippen molar-refractivity contribution < 1.29 is 5.11 Å². The van der Waals surface area contributed by atoms with Gasteiger partial charge in [-0.05, 0) is 76.9 Å². The van der Waals surface area contributed by atoms with Gasteiger partial charge in [-0.15, -0.1) is 0 Å². The van der Waals surface area contributed by atoms with Crippen molar-refractivity contribution >= 4 is 0 Å². The summed E-state index contributed by atoms with van der Waals surface area (Å²) in [6, 6.07) is 0.738. The van der Waals surface area contributed by atoms with Crippen LogP contribution in [0.1, 0.15) is 65.7 Å². The zero-order chi connectivity index (χ0) is 15.3. The molecule has 1 heterocycles. The molecule has 4 unspecified atom stereocenters. The summed E-state index contributed by atoms with van der Waals surface area (Å²) in [6.07, 6.45) is 8.81. The number of likely N-dealkylation sites (tertiary alicyclic amines) is 1. The number of hydrogen-bond donors (Lipinski definition) is 2. The van der Waals surface area contributed by atoms with Gasteiger partial charge in [-0.25, -0.2) is 0 Å². The van der Waals surface area contributed by atoms with Gasteiger partial charge >= 0.3 is 0 Å². The minimum Gasteiger partial charge on any atom is -0.394 e. The van der Waals surface area contributed by atoms with E-state index < -0.39 is 0 Å². The van der Waals surface area contributed by atoms with Crippen molar-refractivity contribution in [1.82, 2.24) is 10.2 Å². The van der Waals surface area contributed by atoms with Crippen LogP contribution >= 0.6 is 0 Å². The fourth-order valence-corrected chi connectivity index (χ4v) is 4.55. The summed E-state index contributed by atoms with van der Waals surface area (Å²) >= 11 is 0. The topological polar surface area (TPSA) is 35.5 Å². The number of nitrogens with zero attached hydrogens (tertiary/aromatic N) is 1. The predicted molar refractivity (Wildman–Crippen MR) is 89.5 cm³/mol. The van der Waals surface area contributed by atoms with Crippen LogP contribution in [0.4, 0.5) is 0 Å². The average Bonchev–Trinajstić information content (AvgIpc) is 2.88. The van der Waals surface area contributed by atoms with Gasteiger partial charge in [-0.2, -0.15) is 0 Å². The molecule has 3 heteroatoms. The summed E-state index contributed by atoms with van der Waals surface area (Å²) < 4.78 is 0. The highest BCUT2D eigenvalue weighted by atomic mass is 16.3. The van der Waals surface area contributed by atoms with Gasteiger partial charge in [0, 0.05) is 11.6 Å². The predicted octanol–water partition coefficient (Wildman–Crippen LogP) is 3.03. The van der Waals surface area contributed by atoms with Gasteiger partial charge in [0.25, 0.3) is 0 Å². The number of aliphatic hydroxyl groups excluding tert-OH is 1. The van der Waals surface area contributed by atoms with E-state index in [2.05, 4.69) is 31.0 Å². The lowest BCUT2D eigenvalue weighted by Crippen LogP contribution is -2.52. The minimum atomic E-state index is 0.0162. The first kappa shape index (κ1) is 17.2. The van der Waals surface area contributed by atoms with E-state index in [1.54, 1.807) is 0 Å². The van der Waals surface area contributed by atoms with Crippen LogP contribution in [0.3, 0.4) is 0 Å². The Kier molecular flexibility index (Phi) is 6.51. The Hall–Kier alpha value is -0.120. The zero-order valence-corrected chi connectivity index (χ0v) is 14.4. The normalized spacial score (nSPS) is 38.0. The van der Waals surface area contributed by atoms with Crippen LogP contribution in [0.15, 0.2) is 0 Å². The molecule has 2 aliphatic rings. The molecule has 3 nitrogen and oxygen atoms in total.